The van der Waals surface area contributed by atoms with Gasteiger partial charge in [0.1, 0.15) is 5.75 Å². The monoisotopic (exact) mass is 290 g/mol. The zero-order chi connectivity index (χ0) is 19.2. The maximum Gasteiger partial charge on any atom is 0.524 e. The predicted molar refractivity (Wildman–Crippen MR) is 73.2 cm³/mol. The van der Waals surface area contributed by atoms with Crippen LogP contribution < -0.4 is 4.52 Å². The number of aromatic nitrogens is 1. The van der Waals surface area contributed by atoms with Crippen LogP contribution in [-0.4, -0.2) is 40.2 Å². The fraction of sp³-hybridized carbons (Fsp3) is 0.333. The molecule has 0 spiro atoms. The number of phosphoric ester groups is 1. The van der Waals surface area contributed by atoms with Crippen molar-refractivity contribution in [2.45, 2.75) is 6.37 Å². The van der Waals surface area contributed by atoms with Crippen molar-refractivity contribution in [2.24, 2.45) is 0 Å². The Bertz CT molecular complexity index is 818. The maximum atomic E-state index is 11.1. The van der Waals surface area contributed by atoms with Crippen LogP contribution in [0.25, 0.3) is 10.9 Å². The lowest BCUT2D eigenvalue weighted by Crippen LogP contribution is -2.14. The van der Waals surface area contributed by atoms with E-state index >= 15 is 0 Å². The fourth-order valence-corrected chi connectivity index (χ4v) is 2.04. The number of aryl methyl sites for hydroxylation is 1. The van der Waals surface area contributed by atoms with Crippen LogP contribution in [0.4, 0.5) is 0 Å². The molecule has 0 aliphatic rings. The summed E-state index contributed by atoms with van der Waals surface area (Å²) < 4.78 is 62.2. The summed E-state index contributed by atoms with van der Waals surface area (Å²) in [6, 6.07) is 4.24. The highest BCUT2D eigenvalue weighted by molar-refractivity contribution is 7.46. The molecule has 0 radical (unpaired) electrons. The second-order valence-corrected chi connectivity index (χ2v) is 5.01. The third kappa shape index (κ3) is 3.58. The Kier molecular flexibility index (Phi) is 2.27. The van der Waals surface area contributed by atoms with Crippen molar-refractivity contribution >= 4 is 18.7 Å². The van der Waals surface area contributed by atoms with E-state index in [1.807, 2.05) is 0 Å². The van der Waals surface area contributed by atoms with E-state index in [4.69, 9.17) is 18.0 Å². The molecular weight excluding hydrogens is 267 g/mol. The minimum Gasteiger partial charge on any atom is -0.404 e. The highest BCUT2D eigenvalue weighted by Crippen LogP contribution is 2.41. The van der Waals surface area contributed by atoms with E-state index in [2.05, 4.69) is 9.51 Å². The fourth-order valence-electron chi connectivity index (χ4n) is 1.64. The normalized spacial score (nSPS) is 20.0. The molecule has 1 aromatic heterocycles. The Labute approximate surface area is 119 Å². The van der Waals surface area contributed by atoms with Gasteiger partial charge in [0.2, 0.25) is 0 Å². The van der Waals surface area contributed by atoms with Gasteiger partial charge in [-0.2, -0.15) is 0 Å². The zero-order valence-corrected chi connectivity index (χ0v) is 10.9. The first-order valence-electron chi connectivity index (χ1n) is 8.34. The number of fused-ring (bicyclic) bond motifs is 1. The van der Waals surface area contributed by atoms with Gasteiger partial charge < -0.3 is 14.4 Å². The van der Waals surface area contributed by atoms with E-state index in [9.17, 15) is 4.57 Å². The first-order valence-corrected chi connectivity index (χ1v) is 6.79. The molecule has 0 bridgehead atoms. The lowest BCUT2D eigenvalue weighted by Gasteiger charge is -2.11. The van der Waals surface area contributed by atoms with Gasteiger partial charge in [0.05, 0.1) is 0 Å². The molecular formula is C12H17N2O4P. The van der Waals surface area contributed by atoms with Crippen molar-refractivity contribution in [1.82, 2.24) is 9.88 Å². The van der Waals surface area contributed by atoms with Crippen LogP contribution in [0.5, 0.6) is 5.75 Å². The number of rotatable bonds is 5. The summed E-state index contributed by atoms with van der Waals surface area (Å²) in [4.78, 5) is 21.4. The molecule has 0 saturated heterocycles. The average Bonchev–Trinajstić information content (AvgIpc) is 2.88. The van der Waals surface area contributed by atoms with Gasteiger partial charge in [0, 0.05) is 31.8 Å². The van der Waals surface area contributed by atoms with Crippen LogP contribution in [0.2, 0.25) is 0 Å². The van der Waals surface area contributed by atoms with Gasteiger partial charge in [0.15, 0.2) is 0 Å². The molecule has 104 valence electrons. The maximum absolute atomic E-state index is 11.1. The van der Waals surface area contributed by atoms with Gasteiger partial charge in [-0.1, -0.05) is 6.07 Å². The first kappa shape index (κ1) is 8.07. The largest absolute Gasteiger partial charge is 0.524 e. The highest BCUT2D eigenvalue weighted by atomic mass is 31.2. The lowest BCUT2D eigenvalue weighted by atomic mass is 10.1. The number of nitrogens with zero attached hydrogens (tertiary/aromatic N) is 1. The average molecular weight is 290 g/mol. The molecule has 3 N–H and O–H groups in total. The molecule has 1 unspecified atom stereocenters. The van der Waals surface area contributed by atoms with Gasteiger partial charge in [-0.3, -0.25) is 9.79 Å². The summed E-state index contributed by atoms with van der Waals surface area (Å²) in [6.45, 7) is -4.49. The number of aromatic amines is 1. The number of hydrogen-bond donors (Lipinski definition) is 3. The predicted octanol–water partition coefficient (Wildman–Crippen LogP) is 1.74. The van der Waals surface area contributed by atoms with Crippen molar-refractivity contribution in [2.75, 3.05) is 20.5 Å². The van der Waals surface area contributed by atoms with Crippen molar-refractivity contribution in [1.29, 1.82) is 0 Å². The molecule has 2 rings (SSSR count). The van der Waals surface area contributed by atoms with Crippen LogP contribution in [0, 0.1) is 0 Å². The van der Waals surface area contributed by atoms with Gasteiger partial charge in [-0.05, 0) is 38.1 Å². The number of nitrogens with one attached hydrogen (secondary N) is 1. The molecule has 1 heterocycles. The molecule has 7 heteroatoms. The smallest absolute Gasteiger partial charge is 0.404 e. The molecule has 19 heavy (non-hydrogen) atoms. The van der Waals surface area contributed by atoms with Crippen LogP contribution in [0.1, 0.15) is 13.8 Å². The SMILES string of the molecule is [2H]C(N(C)C([2H])([2H])[2H])C([2H])([2H])c1c[nH]c2cccc(OP(=O)(O)O)c12. The number of hydrogen-bond acceptors (Lipinski definition) is 3. The minimum atomic E-state index is -4.89. The minimum absolute atomic E-state index is 0.0343. The lowest BCUT2D eigenvalue weighted by molar-refractivity contribution is 0.284. The van der Waals surface area contributed by atoms with E-state index in [0.29, 0.717) is 10.4 Å². The third-order valence-corrected chi connectivity index (χ3v) is 2.73. The Hall–Kier alpha value is -1.33. The summed E-state index contributed by atoms with van der Waals surface area (Å²) in [5.41, 5.74) is 0.191. The Balaban J connectivity index is 2.58. The number of H-pyrrole nitrogens is 1. The summed E-state index contributed by atoms with van der Waals surface area (Å²) >= 11 is 0. The van der Waals surface area contributed by atoms with E-state index in [0.717, 1.165) is 7.05 Å². The second kappa shape index (κ2) is 5.35. The van der Waals surface area contributed by atoms with Crippen molar-refractivity contribution in [3.8, 4) is 5.75 Å². The third-order valence-electron chi connectivity index (χ3n) is 2.30. The molecule has 0 amide bonds. The zero-order valence-electron chi connectivity index (χ0n) is 16.0. The van der Waals surface area contributed by atoms with Crippen molar-refractivity contribution in [3.05, 3.63) is 30.0 Å². The molecule has 0 fully saturated rings. The number of benzene rings is 1. The first-order chi connectivity index (χ1) is 11.2. The molecule has 6 nitrogen and oxygen atoms in total. The summed E-state index contributed by atoms with van der Waals surface area (Å²) in [7, 11) is -3.79. The number of phosphoric acid groups is 1. The standard InChI is InChI=1S/C12H17N2O4P/c1-14(2)7-6-9-8-13-10-4-3-5-11(12(9)10)18-19(15,16)17/h3-5,8,13H,6-7H2,1-2H3,(H2,15,16,17)/i1D3,6D2,7D. The number of likely N-dealkylation sites (N-methyl/N-ethyl adjacent to an activating group) is 1. The van der Waals surface area contributed by atoms with Gasteiger partial charge in [-0.25, -0.2) is 4.57 Å². The molecule has 0 aliphatic carbocycles. The van der Waals surface area contributed by atoms with Crippen LogP contribution >= 0.6 is 7.82 Å². The Morgan fingerprint density at radius 1 is 1.58 bits per heavy atom. The molecule has 1 atom stereocenters. The summed E-state index contributed by atoms with van der Waals surface area (Å²) in [5.74, 6) is -0.269. The quantitative estimate of drug-likeness (QED) is 0.730. The second-order valence-electron chi connectivity index (χ2n) is 3.85. The van der Waals surface area contributed by atoms with E-state index in [1.165, 1.54) is 24.4 Å². The van der Waals surface area contributed by atoms with Gasteiger partial charge in [0.25, 0.3) is 0 Å². The van der Waals surface area contributed by atoms with Crippen molar-refractivity contribution in [3.63, 3.8) is 0 Å². The highest BCUT2D eigenvalue weighted by Gasteiger charge is 2.19. The molecule has 0 aliphatic heterocycles. The van der Waals surface area contributed by atoms with E-state index < -0.39 is 27.7 Å². The van der Waals surface area contributed by atoms with Crippen LogP contribution in [-0.2, 0) is 10.9 Å². The summed E-state index contributed by atoms with van der Waals surface area (Å²) in [5, 5.41) is 0.0343. The topological polar surface area (TPSA) is 85.8 Å². The van der Waals surface area contributed by atoms with E-state index in [1.54, 1.807) is 0 Å². The van der Waals surface area contributed by atoms with Gasteiger partial charge >= 0.3 is 7.82 Å². The van der Waals surface area contributed by atoms with Crippen molar-refractivity contribution < 1.29 is 27.1 Å². The van der Waals surface area contributed by atoms with Gasteiger partial charge in [-0.15, -0.1) is 0 Å². The summed E-state index contributed by atoms with van der Waals surface area (Å²) in [6.07, 6.45) is -1.25. The van der Waals surface area contributed by atoms with Crippen LogP contribution in [0.3, 0.4) is 0 Å². The molecule has 2 aromatic rings. The van der Waals surface area contributed by atoms with Crippen LogP contribution in [0.15, 0.2) is 24.4 Å². The molecule has 0 saturated carbocycles. The Morgan fingerprint density at radius 2 is 2.37 bits per heavy atom. The Morgan fingerprint density at radius 3 is 3.05 bits per heavy atom. The molecule has 1 aromatic carbocycles. The van der Waals surface area contributed by atoms with E-state index in [-0.39, 0.29) is 16.7 Å².